The summed E-state index contributed by atoms with van der Waals surface area (Å²) in [5.74, 6) is 0.834. The molecule has 3 heteroatoms. The molecule has 0 heterocycles. The zero-order valence-electron chi connectivity index (χ0n) is 10.2. The van der Waals surface area contributed by atoms with Gasteiger partial charge in [-0.05, 0) is 32.7 Å². The standard InChI is InChI=1S/C12H24N2S/c1-4-10-7-5-6-8-11(10)14(3)9(2)12(13)15/h9-11H,4-8H2,1-3H3,(H2,13,15). The van der Waals surface area contributed by atoms with Gasteiger partial charge in [0.1, 0.15) is 0 Å². The highest BCUT2D eigenvalue weighted by atomic mass is 32.1. The molecule has 0 aliphatic heterocycles. The molecule has 1 aliphatic carbocycles. The maximum Gasteiger partial charge on any atom is 0.0899 e. The molecule has 0 aromatic rings. The average molecular weight is 228 g/mol. The van der Waals surface area contributed by atoms with Gasteiger partial charge in [0, 0.05) is 6.04 Å². The summed E-state index contributed by atoms with van der Waals surface area (Å²) in [7, 11) is 2.17. The van der Waals surface area contributed by atoms with E-state index in [1.807, 2.05) is 0 Å². The molecule has 1 rings (SSSR count). The Morgan fingerprint density at radius 3 is 2.60 bits per heavy atom. The van der Waals surface area contributed by atoms with Crippen molar-refractivity contribution in [1.29, 1.82) is 0 Å². The Hall–Kier alpha value is -0.150. The summed E-state index contributed by atoms with van der Waals surface area (Å²) in [4.78, 5) is 3.01. The summed E-state index contributed by atoms with van der Waals surface area (Å²) in [5, 5.41) is 0. The van der Waals surface area contributed by atoms with Gasteiger partial charge in [-0.3, -0.25) is 4.90 Å². The highest BCUT2D eigenvalue weighted by Crippen LogP contribution is 2.30. The van der Waals surface area contributed by atoms with E-state index in [2.05, 4.69) is 25.8 Å². The van der Waals surface area contributed by atoms with Crippen LogP contribution in [0.3, 0.4) is 0 Å². The third-order valence-corrected chi connectivity index (χ3v) is 4.28. The monoisotopic (exact) mass is 228 g/mol. The minimum Gasteiger partial charge on any atom is -0.392 e. The quantitative estimate of drug-likeness (QED) is 0.750. The van der Waals surface area contributed by atoms with Crippen LogP contribution in [0, 0.1) is 5.92 Å². The van der Waals surface area contributed by atoms with Gasteiger partial charge in [0.15, 0.2) is 0 Å². The van der Waals surface area contributed by atoms with Gasteiger partial charge in [0.25, 0.3) is 0 Å². The van der Waals surface area contributed by atoms with Crippen LogP contribution < -0.4 is 5.73 Å². The average Bonchev–Trinajstić information content (AvgIpc) is 2.26. The molecule has 1 aliphatic rings. The summed E-state index contributed by atoms with van der Waals surface area (Å²) in [6.07, 6.45) is 6.70. The lowest BCUT2D eigenvalue weighted by atomic mass is 9.81. The largest absolute Gasteiger partial charge is 0.392 e. The van der Waals surface area contributed by atoms with E-state index in [1.54, 1.807) is 0 Å². The molecule has 0 amide bonds. The van der Waals surface area contributed by atoms with E-state index >= 15 is 0 Å². The fourth-order valence-electron chi connectivity index (χ4n) is 2.69. The molecule has 88 valence electrons. The van der Waals surface area contributed by atoms with Gasteiger partial charge in [-0.25, -0.2) is 0 Å². The maximum absolute atomic E-state index is 5.72. The third-order valence-electron chi connectivity index (χ3n) is 3.94. The van der Waals surface area contributed by atoms with Crippen molar-refractivity contribution in [2.45, 2.75) is 58.0 Å². The van der Waals surface area contributed by atoms with Crippen molar-refractivity contribution < 1.29 is 0 Å². The first-order valence-electron chi connectivity index (χ1n) is 6.09. The number of rotatable bonds is 4. The van der Waals surface area contributed by atoms with Crippen molar-refractivity contribution in [2.24, 2.45) is 11.7 Å². The topological polar surface area (TPSA) is 29.3 Å². The number of nitrogens with zero attached hydrogens (tertiary/aromatic N) is 1. The summed E-state index contributed by atoms with van der Waals surface area (Å²) in [6, 6.07) is 0.914. The summed E-state index contributed by atoms with van der Waals surface area (Å²) < 4.78 is 0. The lowest BCUT2D eigenvalue weighted by Gasteiger charge is -2.40. The van der Waals surface area contributed by atoms with E-state index in [-0.39, 0.29) is 6.04 Å². The van der Waals surface area contributed by atoms with E-state index in [4.69, 9.17) is 18.0 Å². The van der Waals surface area contributed by atoms with Gasteiger partial charge >= 0.3 is 0 Å². The van der Waals surface area contributed by atoms with Gasteiger partial charge in [-0.2, -0.15) is 0 Å². The molecule has 0 aromatic carbocycles. The molecule has 2 nitrogen and oxygen atoms in total. The van der Waals surface area contributed by atoms with Gasteiger partial charge in [0.2, 0.25) is 0 Å². The van der Waals surface area contributed by atoms with Gasteiger partial charge in [0.05, 0.1) is 11.0 Å². The molecule has 3 unspecified atom stereocenters. The van der Waals surface area contributed by atoms with Crippen LogP contribution in [0.15, 0.2) is 0 Å². The van der Waals surface area contributed by atoms with E-state index < -0.39 is 0 Å². The summed E-state index contributed by atoms with van der Waals surface area (Å²) in [5.41, 5.74) is 5.72. The number of likely N-dealkylation sites (N-methyl/N-ethyl adjacent to an activating group) is 1. The van der Waals surface area contributed by atoms with E-state index in [0.717, 1.165) is 5.92 Å². The molecule has 2 N–H and O–H groups in total. The Morgan fingerprint density at radius 1 is 1.47 bits per heavy atom. The Kier molecular flexibility index (Phi) is 5.00. The lowest BCUT2D eigenvalue weighted by Crippen LogP contribution is -2.49. The highest BCUT2D eigenvalue weighted by Gasteiger charge is 2.29. The zero-order valence-corrected chi connectivity index (χ0v) is 11.0. The number of thiocarbonyl (C=S) groups is 1. The minimum atomic E-state index is 0.233. The van der Waals surface area contributed by atoms with Crippen LogP contribution >= 0.6 is 12.2 Å². The van der Waals surface area contributed by atoms with Crippen LogP contribution in [0.5, 0.6) is 0 Å². The third kappa shape index (κ3) is 3.15. The SMILES string of the molecule is CCC1CCCCC1N(C)C(C)C(N)=S. The predicted molar refractivity (Wildman–Crippen MR) is 70.0 cm³/mol. The Morgan fingerprint density at radius 2 is 2.07 bits per heavy atom. The Labute approximate surface area is 99.2 Å². The molecule has 0 radical (unpaired) electrons. The Balaban J connectivity index is 2.62. The van der Waals surface area contributed by atoms with Crippen LogP contribution in [0.2, 0.25) is 0 Å². The molecular weight excluding hydrogens is 204 g/mol. The Bertz CT molecular complexity index is 218. The molecule has 1 saturated carbocycles. The summed E-state index contributed by atoms with van der Waals surface area (Å²) >= 11 is 5.07. The first kappa shape index (κ1) is 12.9. The van der Waals surface area contributed by atoms with Crippen molar-refractivity contribution in [3.63, 3.8) is 0 Å². The van der Waals surface area contributed by atoms with E-state index in [0.29, 0.717) is 11.0 Å². The summed E-state index contributed by atoms with van der Waals surface area (Å²) in [6.45, 7) is 4.41. The zero-order chi connectivity index (χ0) is 11.4. The van der Waals surface area contributed by atoms with Gasteiger partial charge in [-0.15, -0.1) is 0 Å². The second kappa shape index (κ2) is 5.80. The fraction of sp³-hybridized carbons (Fsp3) is 0.917. The van der Waals surface area contributed by atoms with Crippen LogP contribution in [0.4, 0.5) is 0 Å². The van der Waals surface area contributed by atoms with Crippen molar-refractivity contribution in [3.05, 3.63) is 0 Å². The molecule has 3 atom stereocenters. The molecule has 0 saturated heterocycles. The normalized spacial score (nSPS) is 29.1. The van der Waals surface area contributed by atoms with Gasteiger partial charge in [-0.1, -0.05) is 38.4 Å². The fourth-order valence-corrected chi connectivity index (χ4v) is 2.85. The molecule has 1 fully saturated rings. The van der Waals surface area contributed by atoms with Crippen molar-refractivity contribution in [3.8, 4) is 0 Å². The first-order chi connectivity index (χ1) is 7.07. The van der Waals surface area contributed by atoms with Crippen LogP contribution in [0.25, 0.3) is 0 Å². The maximum atomic E-state index is 5.72. The molecule has 0 aromatic heterocycles. The number of nitrogens with two attached hydrogens (primary N) is 1. The molecule has 15 heavy (non-hydrogen) atoms. The predicted octanol–water partition coefficient (Wildman–Crippen LogP) is 2.56. The number of hydrogen-bond acceptors (Lipinski definition) is 2. The van der Waals surface area contributed by atoms with Crippen molar-refractivity contribution in [2.75, 3.05) is 7.05 Å². The van der Waals surface area contributed by atoms with Crippen LogP contribution in [0.1, 0.15) is 46.0 Å². The van der Waals surface area contributed by atoms with Crippen molar-refractivity contribution in [1.82, 2.24) is 4.90 Å². The first-order valence-corrected chi connectivity index (χ1v) is 6.50. The second-order valence-electron chi connectivity index (χ2n) is 4.76. The molecule has 0 bridgehead atoms. The van der Waals surface area contributed by atoms with E-state index in [9.17, 15) is 0 Å². The smallest absolute Gasteiger partial charge is 0.0899 e. The van der Waals surface area contributed by atoms with Crippen LogP contribution in [-0.4, -0.2) is 29.0 Å². The lowest BCUT2D eigenvalue weighted by molar-refractivity contribution is 0.116. The van der Waals surface area contributed by atoms with Crippen LogP contribution in [-0.2, 0) is 0 Å². The van der Waals surface area contributed by atoms with Gasteiger partial charge < -0.3 is 5.73 Å². The minimum absolute atomic E-state index is 0.233. The molecule has 0 spiro atoms. The highest BCUT2D eigenvalue weighted by molar-refractivity contribution is 7.80. The van der Waals surface area contributed by atoms with E-state index in [1.165, 1.54) is 32.1 Å². The number of hydrogen-bond donors (Lipinski definition) is 1. The van der Waals surface area contributed by atoms with Crippen molar-refractivity contribution >= 4 is 17.2 Å². The molecular formula is C12H24N2S. The second-order valence-corrected chi connectivity index (χ2v) is 5.24.